The molecule has 0 fully saturated rings. The largest absolute Gasteiger partial charge is 0.497 e. The summed E-state index contributed by atoms with van der Waals surface area (Å²) in [5.41, 5.74) is 0.582. The minimum Gasteiger partial charge on any atom is -0.497 e. The van der Waals surface area contributed by atoms with E-state index in [-0.39, 0.29) is 5.52 Å². The van der Waals surface area contributed by atoms with Crippen molar-refractivity contribution in [1.82, 2.24) is 4.98 Å². The molecule has 4 heteroatoms. The first-order valence-corrected chi connectivity index (χ1v) is 4.33. The molecule has 76 valence electrons. The van der Waals surface area contributed by atoms with Crippen molar-refractivity contribution in [3.05, 3.63) is 35.8 Å². The molecule has 0 aliphatic carbocycles. The summed E-state index contributed by atoms with van der Waals surface area (Å²) in [4.78, 5) is 14.6. The second kappa shape index (κ2) is 3.65. The number of halogens is 1. The average Bonchev–Trinajstić information content (AvgIpc) is 2.28. The van der Waals surface area contributed by atoms with E-state index in [0.717, 1.165) is 0 Å². The van der Waals surface area contributed by atoms with Gasteiger partial charge in [-0.3, -0.25) is 9.78 Å². The predicted octanol–water partition coefficient (Wildman–Crippen LogP) is 2.20. The van der Waals surface area contributed by atoms with Crippen LogP contribution < -0.4 is 4.74 Å². The Kier molecular flexibility index (Phi) is 2.33. The Balaban J connectivity index is 2.85. The molecule has 0 saturated carbocycles. The third-order valence-corrected chi connectivity index (χ3v) is 2.17. The van der Waals surface area contributed by atoms with Gasteiger partial charge in [0.05, 0.1) is 7.11 Å². The van der Waals surface area contributed by atoms with Gasteiger partial charge >= 0.3 is 0 Å². The molecule has 0 bridgehead atoms. The number of benzene rings is 1. The van der Waals surface area contributed by atoms with Crippen LogP contribution in [-0.4, -0.2) is 18.4 Å². The summed E-state index contributed by atoms with van der Waals surface area (Å²) in [6.45, 7) is 0. The smallest absolute Gasteiger partial charge is 0.153 e. The number of rotatable bonds is 2. The van der Waals surface area contributed by atoms with Crippen molar-refractivity contribution in [3.63, 3.8) is 0 Å². The zero-order valence-corrected chi connectivity index (χ0v) is 8.03. The molecular weight excluding hydrogens is 197 g/mol. The molecule has 0 atom stereocenters. The van der Waals surface area contributed by atoms with Gasteiger partial charge in [-0.2, -0.15) is 0 Å². The summed E-state index contributed by atoms with van der Waals surface area (Å²) in [6, 6.07) is 4.37. The molecule has 1 heterocycles. The maximum atomic E-state index is 13.5. The van der Waals surface area contributed by atoms with Crippen LogP contribution in [0.15, 0.2) is 24.4 Å². The molecule has 0 aliphatic rings. The van der Waals surface area contributed by atoms with Gasteiger partial charge in [0.25, 0.3) is 0 Å². The standard InChI is InChI=1S/C11H8FNO2/c1-15-8-4-9-7(6-14)2-3-13-11(9)10(12)5-8/h2-6H,1H3. The molecule has 0 unspecified atom stereocenters. The van der Waals surface area contributed by atoms with Crippen molar-refractivity contribution < 1.29 is 13.9 Å². The van der Waals surface area contributed by atoms with Crippen molar-refractivity contribution in [2.75, 3.05) is 7.11 Å². The number of carbonyl (C=O) groups excluding carboxylic acids is 1. The molecule has 2 rings (SSSR count). The van der Waals surface area contributed by atoms with E-state index < -0.39 is 5.82 Å². The van der Waals surface area contributed by atoms with Crippen LogP contribution in [0.5, 0.6) is 5.75 Å². The lowest BCUT2D eigenvalue weighted by molar-refractivity contribution is 0.112. The molecule has 0 amide bonds. The number of carbonyl (C=O) groups is 1. The van der Waals surface area contributed by atoms with Gasteiger partial charge in [0.15, 0.2) is 12.1 Å². The molecule has 0 saturated heterocycles. The third-order valence-electron chi connectivity index (χ3n) is 2.17. The highest BCUT2D eigenvalue weighted by molar-refractivity contribution is 5.96. The Labute approximate surface area is 85.5 Å². The van der Waals surface area contributed by atoms with Crippen LogP contribution >= 0.6 is 0 Å². The van der Waals surface area contributed by atoms with Gasteiger partial charge in [-0.05, 0) is 12.1 Å². The summed E-state index contributed by atoms with van der Waals surface area (Å²) >= 11 is 0. The fraction of sp³-hybridized carbons (Fsp3) is 0.0909. The Morgan fingerprint density at radius 1 is 1.47 bits per heavy atom. The van der Waals surface area contributed by atoms with Crippen molar-refractivity contribution in [2.24, 2.45) is 0 Å². The average molecular weight is 205 g/mol. The topological polar surface area (TPSA) is 39.2 Å². The number of hydrogen-bond acceptors (Lipinski definition) is 3. The number of pyridine rings is 1. The Morgan fingerprint density at radius 2 is 2.27 bits per heavy atom. The van der Waals surface area contributed by atoms with Crippen molar-refractivity contribution >= 4 is 17.2 Å². The van der Waals surface area contributed by atoms with E-state index >= 15 is 0 Å². The molecular formula is C11H8FNO2. The zero-order chi connectivity index (χ0) is 10.8. The SMILES string of the molecule is COc1cc(F)c2nccc(C=O)c2c1. The first-order valence-electron chi connectivity index (χ1n) is 4.33. The Bertz CT molecular complexity index is 525. The zero-order valence-electron chi connectivity index (χ0n) is 8.03. The van der Waals surface area contributed by atoms with E-state index in [1.807, 2.05) is 0 Å². The number of methoxy groups -OCH3 is 1. The Hall–Kier alpha value is -1.97. The lowest BCUT2D eigenvalue weighted by Gasteiger charge is -2.04. The molecule has 0 N–H and O–H groups in total. The molecule has 0 aliphatic heterocycles. The maximum Gasteiger partial charge on any atom is 0.153 e. The highest BCUT2D eigenvalue weighted by Gasteiger charge is 2.08. The van der Waals surface area contributed by atoms with E-state index in [9.17, 15) is 9.18 Å². The molecule has 15 heavy (non-hydrogen) atoms. The first kappa shape index (κ1) is 9.58. The van der Waals surface area contributed by atoms with Gasteiger partial charge in [-0.1, -0.05) is 0 Å². The van der Waals surface area contributed by atoms with E-state index in [1.165, 1.54) is 25.4 Å². The minimum atomic E-state index is -0.493. The van der Waals surface area contributed by atoms with Gasteiger partial charge in [0, 0.05) is 23.2 Å². The number of nitrogens with zero attached hydrogens (tertiary/aromatic N) is 1. The van der Waals surface area contributed by atoms with Crippen LogP contribution in [0.25, 0.3) is 10.9 Å². The second-order valence-corrected chi connectivity index (χ2v) is 3.02. The maximum absolute atomic E-state index is 13.5. The van der Waals surface area contributed by atoms with Crippen LogP contribution in [0.1, 0.15) is 10.4 Å². The number of fused-ring (bicyclic) bond motifs is 1. The van der Waals surface area contributed by atoms with Crippen molar-refractivity contribution in [1.29, 1.82) is 0 Å². The van der Waals surface area contributed by atoms with Crippen LogP contribution in [0.3, 0.4) is 0 Å². The van der Waals surface area contributed by atoms with Crippen molar-refractivity contribution in [2.45, 2.75) is 0 Å². The summed E-state index contributed by atoms with van der Waals surface area (Å²) in [6.07, 6.45) is 2.07. The third kappa shape index (κ3) is 1.54. The number of hydrogen-bond donors (Lipinski definition) is 0. The molecule has 1 aromatic carbocycles. The fourth-order valence-electron chi connectivity index (χ4n) is 1.43. The summed E-state index contributed by atoms with van der Waals surface area (Å²) < 4.78 is 18.4. The highest BCUT2D eigenvalue weighted by Crippen LogP contribution is 2.24. The predicted molar refractivity (Wildman–Crippen MR) is 53.6 cm³/mol. The number of aromatic nitrogens is 1. The van der Waals surface area contributed by atoms with E-state index in [0.29, 0.717) is 23.0 Å². The quantitative estimate of drug-likeness (QED) is 0.705. The molecule has 1 aromatic heterocycles. The number of ether oxygens (including phenoxy) is 1. The van der Waals surface area contributed by atoms with Crippen LogP contribution in [0.4, 0.5) is 4.39 Å². The summed E-state index contributed by atoms with van der Waals surface area (Å²) in [7, 11) is 1.44. The number of aldehydes is 1. The van der Waals surface area contributed by atoms with E-state index in [2.05, 4.69) is 4.98 Å². The monoisotopic (exact) mass is 205 g/mol. The van der Waals surface area contributed by atoms with Gasteiger partial charge in [-0.25, -0.2) is 4.39 Å². The van der Waals surface area contributed by atoms with Crippen LogP contribution in [0, 0.1) is 5.82 Å². The second-order valence-electron chi connectivity index (χ2n) is 3.02. The molecule has 3 nitrogen and oxygen atoms in total. The lowest BCUT2D eigenvalue weighted by Crippen LogP contribution is -1.92. The van der Waals surface area contributed by atoms with Crippen LogP contribution in [0.2, 0.25) is 0 Å². The van der Waals surface area contributed by atoms with Gasteiger partial charge in [0.1, 0.15) is 11.3 Å². The normalized spacial score (nSPS) is 10.3. The van der Waals surface area contributed by atoms with Gasteiger partial charge < -0.3 is 4.74 Å². The fourth-order valence-corrected chi connectivity index (χ4v) is 1.43. The van der Waals surface area contributed by atoms with E-state index in [1.54, 1.807) is 6.07 Å². The summed E-state index contributed by atoms with van der Waals surface area (Å²) in [5, 5.41) is 0.462. The van der Waals surface area contributed by atoms with Crippen molar-refractivity contribution in [3.8, 4) is 5.75 Å². The molecule has 0 radical (unpaired) electrons. The summed E-state index contributed by atoms with van der Waals surface area (Å²) in [5.74, 6) is -0.121. The highest BCUT2D eigenvalue weighted by atomic mass is 19.1. The Morgan fingerprint density at radius 3 is 2.93 bits per heavy atom. The minimum absolute atomic E-state index is 0.181. The van der Waals surface area contributed by atoms with Crippen LogP contribution in [-0.2, 0) is 0 Å². The lowest BCUT2D eigenvalue weighted by atomic mass is 10.1. The van der Waals surface area contributed by atoms with E-state index in [4.69, 9.17) is 4.74 Å². The first-order chi connectivity index (χ1) is 7.26. The molecule has 0 spiro atoms. The molecule has 2 aromatic rings. The van der Waals surface area contributed by atoms with Gasteiger partial charge in [0.2, 0.25) is 0 Å². The van der Waals surface area contributed by atoms with Gasteiger partial charge in [-0.15, -0.1) is 0 Å².